The number of nitrogens with one attached hydrogen (secondary N) is 1. The topological polar surface area (TPSA) is 64.0 Å². The third-order valence-electron chi connectivity index (χ3n) is 3.97. The molecule has 0 aliphatic carbocycles. The molecular weight excluding hydrogens is 357 g/mol. The van der Waals surface area contributed by atoms with Gasteiger partial charge in [-0.15, -0.1) is 0 Å². The molecule has 26 heavy (non-hydrogen) atoms. The molecule has 3 rings (SSSR count). The van der Waals surface area contributed by atoms with Crippen molar-refractivity contribution in [2.75, 3.05) is 5.32 Å². The largest absolute Gasteiger partial charge is 0.331 e. The maximum atomic E-state index is 14.0. The number of nitrogens with zero attached hydrogens (tertiary/aromatic N) is 2. The highest BCUT2D eigenvalue weighted by Crippen LogP contribution is 2.22. The van der Waals surface area contributed by atoms with Crippen molar-refractivity contribution in [3.05, 3.63) is 68.8 Å². The summed E-state index contributed by atoms with van der Waals surface area (Å²) in [6, 6.07) is 7.66. The van der Waals surface area contributed by atoms with E-state index in [-0.39, 0.29) is 16.3 Å². The van der Waals surface area contributed by atoms with Crippen LogP contribution in [0.15, 0.2) is 41.3 Å². The molecule has 1 aromatic carbocycles. The number of pyridine rings is 2. The number of aryl methyl sites for hydroxylation is 2. The molecule has 0 saturated carbocycles. The number of rotatable bonds is 4. The van der Waals surface area contributed by atoms with Crippen molar-refractivity contribution in [1.82, 2.24) is 9.55 Å². The lowest BCUT2D eigenvalue weighted by Gasteiger charge is -2.13. The lowest BCUT2D eigenvalue weighted by Crippen LogP contribution is -2.24. The number of halogens is 2. The SMILES string of the molecule is CCCn1cc(C(=O)Nc2cccc(Cl)c2F)c(=O)c2ccc(C)nc21. The Morgan fingerprint density at radius 1 is 1.31 bits per heavy atom. The van der Waals surface area contributed by atoms with Crippen molar-refractivity contribution < 1.29 is 9.18 Å². The average Bonchev–Trinajstić information content (AvgIpc) is 2.61. The third-order valence-corrected chi connectivity index (χ3v) is 4.26. The van der Waals surface area contributed by atoms with Gasteiger partial charge in [-0.2, -0.15) is 0 Å². The van der Waals surface area contributed by atoms with Crippen LogP contribution in [0.3, 0.4) is 0 Å². The number of carbonyl (C=O) groups is 1. The van der Waals surface area contributed by atoms with E-state index in [4.69, 9.17) is 11.6 Å². The Morgan fingerprint density at radius 3 is 2.81 bits per heavy atom. The van der Waals surface area contributed by atoms with Gasteiger partial charge in [-0.05, 0) is 37.6 Å². The smallest absolute Gasteiger partial charge is 0.261 e. The Labute approximate surface area is 154 Å². The van der Waals surface area contributed by atoms with Gasteiger partial charge >= 0.3 is 0 Å². The van der Waals surface area contributed by atoms with Crippen molar-refractivity contribution in [3.63, 3.8) is 0 Å². The van der Waals surface area contributed by atoms with Crippen LogP contribution in [0.1, 0.15) is 29.4 Å². The van der Waals surface area contributed by atoms with Crippen molar-refractivity contribution in [2.45, 2.75) is 26.8 Å². The van der Waals surface area contributed by atoms with Gasteiger partial charge in [0.25, 0.3) is 5.91 Å². The summed E-state index contributed by atoms with van der Waals surface area (Å²) >= 11 is 5.73. The van der Waals surface area contributed by atoms with Crippen LogP contribution in [0.5, 0.6) is 0 Å². The first-order chi connectivity index (χ1) is 12.4. The molecule has 0 atom stereocenters. The van der Waals surface area contributed by atoms with Crippen molar-refractivity contribution in [1.29, 1.82) is 0 Å². The van der Waals surface area contributed by atoms with Gasteiger partial charge in [0.05, 0.1) is 16.1 Å². The highest BCUT2D eigenvalue weighted by Gasteiger charge is 2.18. The minimum atomic E-state index is -0.741. The van der Waals surface area contributed by atoms with E-state index in [2.05, 4.69) is 10.3 Å². The van der Waals surface area contributed by atoms with Gasteiger partial charge in [0.2, 0.25) is 5.43 Å². The maximum Gasteiger partial charge on any atom is 0.261 e. The minimum Gasteiger partial charge on any atom is -0.331 e. The fourth-order valence-electron chi connectivity index (χ4n) is 2.72. The monoisotopic (exact) mass is 373 g/mol. The molecular formula is C19H17ClFN3O2. The first kappa shape index (κ1) is 18.1. The predicted octanol–water partition coefficient (Wildman–Crippen LogP) is 4.16. The molecule has 0 aliphatic rings. The number of hydrogen-bond acceptors (Lipinski definition) is 3. The molecule has 0 radical (unpaired) electrons. The summed E-state index contributed by atoms with van der Waals surface area (Å²) in [6.07, 6.45) is 2.27. The normalized spacial score (nSPS) is 10.9. The van der Waals surface area contributed by atoms with Crippen molar-refractivity contribution in [3.8, 4) is 0 Å². The summed E-state index contributed by atoms with van der Waals surface area (Å²) < 4.78 is 15.8. The van der Waals surface area contributed by atoms with Gasteiger partial charge in [0, 0.05) is 18.4 Å². The van der Waals surface area contributed by atoms with E-state index in [0.29, 0.717) is 17.6 Å². The second-order valence-electron chi connectivity index (χ2n) is 5.94. The lowest BCUT2D eigenvalue weighted by molar-refractivity contribution is 0.102. The predicted molar refractivity (Wildman–Crippen MR) is 100 cm³/mol. The Bertz CT molecular complexity index is 1060. The van der Waals surface area contributed by atoms with Crippen LogP contribution in [-0.2, 0) is 6.54 Å². The summed E-state index contributed by atoms with van der Waals surface area (Å²) in [4.78, 5) is 29.8. The third kappa shape index (κ3) is 3.32. The molecule has 3 aromatic rings. The van der Waals surface area contributed by atoms with Crippen molar-refractivity contribution >= 4 is 34.2 Å². The van der Waals surface area contributed by atoms with Gasteiger partial charge in [-0.25, -0.2) is 9.37 Å². The number of amides is 1. The molecule has 2 aromatic heterocycles. The molecule has 0 bridgehead atoms. The minimum absolute atomic E-state index is 0.0732. The first-order valence-electron chi connectivity index (χ1n) is 8.18. The van der Waals surface area contributed by atoms with Crippen LogP contribution < -0.4 is 10.7 Å². The molecule has 5 nitrogen and oxygen atoms in total. The molecule has 0 saturated heterocycles. The summed E-state index contributed by atoms with van der Waals surface area (Å²) in [5, 5.41) is 2.66. The van der Waals surface area contributed by atoms with E-state index in [1.54, 1.807) is 16.7 Å². The van der Waals surface area contributed by atoms with E-state index in [0.717, 1.165) is 12.1 Å². The Balaban J connectivity index is 2.11. The summed E-state index contributed by atoms with van der Waals surface area (Å²) in [6.45, 7) is 4.42. The average molecular weight is 374 g/mol. The van der Waals surface area contributed by atoms with E-state index in [9.17, 15) is 14.0 Å². The van der Waals surface area contributed by atoms with E-state index in [1.165, 1.54) is 24.4 Å². The number of anilines is 1. The molecule has 0 fully saturated rings. The van der Waals surface area contributed by atoms with Gasteiger partial charge in [-0.1, -0.05) is 24.6 Å². The Hall–Kier alpha value is -2.73. The molecule has 0 spiro atoms. The summed E-state index contributed by atoms with van der Waals surface area (Å²) in [5.41, 5.74) is 0.712. The second-order valence-corrected chi connectivity index (χ2v) is 6.35. The zero-order chi connectivity index (χ0) is 18.8. The first-order valence-corrected chi connectivity index (χ1v) is 8.56. The van der Waals surface area contributed by atoms with Crippen LogP contribution in [0.25, 0.3) is 11.0 Å². The molecule has 2 heterocycles. The van der Waals surface area contributed by atoms with E-state index < -0.39 is 17.2 Å². The number of hydrogen-bond donors (Lipinski definition) is 1. The molecule has 1 N–H and O–H groups in total. The Morgan fingerprint density at radius 2 is 2.08 bits per heavy atom. The van der Waals surface area contributed by atoms with Gasteiger partial charge in [-0.3, -0.25) is 9.59 Å². The maximum absolute atomic E-state index is 14.0. The van der Waals surface area contributed by atoms with Crippen molar-refractivity contribution in [2.24, 2.45) is 0 Å². The van der Waals surface area contributed by atoms with Gasteiger partial charge < -0.3 is 9.88 Å². The molecule has 134 valence electrons. The van der Waals surface area contributed by atoms with Crippen LogP contribution in [0, 0.1) is 12.7 Å². The van der Waals surface area contributed by atoms with Gasteiger partial charge in [0.15, 0.2) is 5.82 Å². The number of benzene rings is 1. The fraction of sp³-hybridized carbons (Fsp3) is 0.211. The lowest BCUT2D eigenvalue weighted by atomic mass is 10.1. The van der Waals surface area contributed by atoms with Crippen LogP contribution in [-0.4, -0.2) is 15.5 Å². The zero-order valence-electron chi connectivity index (χ0n) is 14.3. The van der Waals surface area contributed by atoms with Crippen LogP contribution in [0.4, 0.5) is 10.1 Å². The van der Waals surface area contributed by atoms with E-state index >= 15 is 0 Å². The molecule has 1 amide bonds. The number of aromatic nitrogens is 2. The van der Waals surface area contributed by atoms with Gasteiger partial charge in [0.1, 0.15) is 11.2 Å². The van der Waals surface area contributed by atoms with E-state index in [1.807, 2.05) is 13.8 Å². The Kier molecular flexibility index (Phi) is 5.04. The van der Waals surface area contributed by atoms with Crippen LogP contribution >= 0.6 is 11.6 Å². The van der Waals surface area contributed by atoms with Crippen LogP contribution in [0.2, 0.25) is 5.02 Å². The zero-order valence-corrected chi connectivity index (χ0v) is 15.1. The number of carbonyl (C=O) groups excluding carboxylic acids is 1. The molecule has 0 unspecified atom stereocenters. The number of fused-ring (bicyclic) bond motifs is 1. The standard InChI is InChI=1S/C19H17ClFN3O2/c1-3-9-24-10-13(17(25)12-8-7-11(2)22-18(12)24)19(26)23-15-6-4-5-14(20)16(15)21/h4-8,10H,3,9H2,1-2H3,(H,23,26). The highest BCUT2D eigenvalue weighted by molar-refractivity contribution is 6.31. The quantitative estimate of drug-likeness (QED) is 0.746. The molecule has 0 aliphatic heterocycles. The summed E-state index contributed by atoms with van der Waals surface area (Å²) in [7, 11) is 0. The highest BCUT2D eigenvalue weighted by atomic mass is 35.5. The fourth-order valence-corrected chi connectivity index (χ4v) is 2.90. The molecule has 7 heteroatoms. The summed E-state index contributed by atoms with van der Waals surface area (Å²) in [5.74, 6) is -1.43. The second kappa shape index (κ2) is 7.25.